The lowest BCUT2D eigenvalue weighted by atomic mass is 9.91. The molecule has 6 N–H and O–H groups in total. The molecule has 0 bridgehead atoms. The van der Waals surface area contributed by atoms with Gasteiger partial charge in [-0.05, 0) is 33.7 Å². The number of aliphatic hydroxyl groups excluding tert-OH is 4. The molecule has 1 fully saturated rings. The number of aliphatic hydroxyl groups is 4. The maximum absolute atomic E-state index is 10.5. The quantitative estimate of drug-likeness (QED) is 0.304. The Morgan fingerprint density at radius 1 is 0.727 bits per heavy atom. The number of ether oxygens (including phenoxy) is 2. The molecule has 1 saturated heterocycles. The van der Waals surface area contributed by atoms with E-state index in [9.17, 15) is 20.4 Å². The average Bonchev–Trinajstić information content (AvgIpc) is 2.84. The van der Waals surface area contributed by atoms with Crippen LogP contribution in [0.5, 0.6) is 5.75 Å². The minimum absolute atomic E-state index is 0.390. The van der Waals surface area contributed by atoms with Gasteiger partial charge in [0, 0.05) is 16.8 Å². The van der Waals surface area contributed by atoms with Crippen LogP contribution in [0, 0.1) is 0 Å². The molecule has 0 unspecified atom stereocenters. The second-order valence-corrected chi connectivity index (χ2v) is 8.23. The van der Waals surface area contributed by atoms with Crippen LogP contribution in [0.4, 0.5) is 5.69 Å². The fourth-order valence-electron chi connectivity index (χ4n) is 4.46. The van der Waals surface area contributed by atoms with Crippen molar-refractivity contribution in [2.24, 2.45) is 0 Å². The smallest absolute Gasteiger partial charge is 0.229 e. The van der Waals surface area contributed by atoms with Crippen molar-refractivity contribution in [1.29, 1.82) is 0 Å². The summed E-state index contributed by atoms with van der Waals surface area (Å²) in [6.07, 6.45) is -6.90. The minimum Gasteiger partial charge on any atom is -0.461 e. The molecule has 33 heavy (non-hydrogen) atoms. The summed E-state index contributed by atoms with van der Waals surface area (Å²) in [5.74, 6) is 0.390. The standard InChI is InChI=1S/C26H25NO6/c27-18-11-9-14-5-1-3-7-16(14)21(18)22-17-8-4-2-6-15(17)10-12-19(22)32-26-25(31)24(30)23(29)20(13-28)33-26/h1-12,20,23-26,28-31H,13,27H2/t20-,23-,24+,25-,26-/m1/s1. The molecule has 4 aromatic rings. The Morgan fingerprint density at radius 3 is 2.00 bits per heavy atom. The van der Waals surface area contributed by atoms with Crippen LogP contribution in [0.25, 0.3) is 32.7 Å². The number of hydrogen-bond donors (Lipinski definition) is 5. The predicted molar refractivity (Wildman–Crippen MR) is 126 cm³/mol. The van der Waals surface area contributed by atoms with E-state index >= 15 is 0 Å². The van der Waals surface area contributed by atoms with Gasteiger partial charge >= 0.3 is 0 Å². The molecule has 0 spiro atoms. The number of anilines is 1. The monoisotopic (exact) mass is 447 g/mol. The van der Waals surface area contributed by atoms with E-state index in [0.29, 0.717) is 11.4 Å². The van der Waals surface area contributed by atoms with Gasteiger partial charge in [0.1, 0.15) is 30.2 Å². The lowest BCUT2D eigenvalue weighted by molar-refractivity contribution is -0.277. The molecule has 0 radical (unpaired) electrons. The molecule has 1 aliphatic rings. The van der Waals surface area contributed by atoms with Crippen molar-refractivity contribution in [2.45, 2.75) is 30.7 Å². The highest BCUT2D eigenvalue weighted by Crippen LogP contribution is 2.44. The molecule has 5 rings (SSSR count). The lowest BCUT2D eigenvalue weighted by Gasteiger charge is -2.39. The molecular weight excluding hydrogens is 422 g/mol. The first-order chi connectivity index (χ1) is 16.0. The zero-order valence-electron chi connectivity index (χ0n) is 17.7. The molecule has 7 nitrogen and oxygen atoms in total. The van der Waals surface area contributed by atoms with Crippen LogP contribution in [0.15, 0.2) is 72.8 Å². The highest BCUT2D eigenvalue weighted by Gasteiger charge is 2.45. The van der Waals surface area contributed by atoms with Gasteiger partial charge in [0.15, 0.2) is 0 Å². The molecule has 4 aromatic carbocycles. The van der Waals surface area contributed by atoms with Crippen LogP contribution in [0.1, 0.15) is 0 Å². The number of nitrogens with two attached hydrogens (primary N) is 1. The summed E-state index contributed by atoms with van der Waals surface area (Å²) in [6, 6.07) is 23.1. The molecule has 0 amide bonds. The highest BCUT2D eigenvalue weighted by atomic mass is 16.7. The Kier molecular flexibility index (Phi) is 5.65. The second-order valence-electron chi connectivity index (χ2n) is 8.23. The summed E-state index contributed by atoms with van der Waals surface area (Å²) >= 11 is 0. The summed E-state index contributed by atoms with van der Waals surface area (Å²) in [5.41, 5.74) is 8.54. The van der Waals surface area contributed by atoms with Gasteiger partial charge < -0.3 is 35.6 Å². The molecular formula is C26H25NO6. The number of benzene rings is 4. The largest absolute Gasteiger partial charge is 0.461 e. The maximum Gasteiger partial charge on any atom is 0.229 e. The van der Waals surface area contributed by atoms with E-state index in [1.54, 1.807) is 6.07 Å². The third-order valence-corrected chi connectivity index (χ3v) is 6.19. The lowest BCUT2D eigenvalue weighted by Crippen LogP contribution is -2.60. The number of nitrogen functional groups attached to an aromatic ring is 1. The van der Waals surface area contributed by atoms with E-state index in [4.69, 9.17) is 15.2 Å². The Balaban J connectivity index is 1.70. The van der Waals surface area contributed by atoms with Gasteiger partial charge in [-0.1, -0.05) is 60.7 Å². The molecule has 0 aliphatic carbocycles. The van der Waals surface area contributed by atoms with Crippen LogP contribution in [-0.2, 0) is 4.74 Å². The van der Waals surface area contributed by atoms with Crippen molar-refractivity contribution in [3.63, 3.8) is 0 Å². The number of rotatable bonds is 4. The summed E-state index contributed by atoms with van der Waals surface area (Å²) in [5, 5.41) is 44.2. The van der Waals surface area contributed by atoms with E-state index in [2.05, 4.69) is 0 Å². The second kappa shape index (κ2) is 8.62. The van der Waals surface area contributed by atoms with Crippen molar-refractivity contribution in [1.82, 2.24) is 0 Å². The fraction of sp³-hybridized carbons (Fsp3) is 0.231. The summed E-state index contributed by atoms with van der Waals surface area (Å²) in [7, 11) is 0. The Bertz CT molecular complexity index is 1310. The van der Waals surface area contributed by atoms with Gasteiger partial charge in [0.2, 0.25) is 6.29 Å². The highest BCUT2D eigenvalue weighted by molar-refractivity contribution is 6.11. The van der Waals surface area contributed by atoms with Crippen LogP contribution in [0.2, 0.25) is 0 Å². The maximum atomic E-state index is 10.5. The van der Waals surface area contributed by atoms with Crippen LogP contribution >= 0.6 is 0 Å². The van der Waals surface area contributed by atoms with E-state index in [1.165, 1.54) is 0 Å². The molecule has 1 aliphatic heterocycles. The van der Waals surface area contributed by atoms with Gasteiger partial charge in [0.05, 0.1) is 6.61 Å². The van der Waals surface area contributed by atoms with Gasteiger partial charge in [0.25, 0.3) is 0 Å². The van der Waals surface area contributed by atoms with Gasteiger partial charge in [-0.2, -0.15) is 0 Å². The molecule has 0 aromatic heterocycles. The fourth-order valence-corrected chi connectivity index (χ4v) is 4.46. The van der Waals surface area contributed by atoms with Crippen molar-refractivity contribution in [2.75, 3.05) is 12.3 Å². The van der Waals surface area contributed by atoms with Gasteiger partial charge in [-0.15, -0.1) is 0 Å². The summed E-state index contributed by atoms with van der Waals surface area (Å²) in [6.45, 7) is -0.536. The first-order valence-electron chi connectivity index (χ1n) is 10.8. The molecule has 0 saturated carbocycles. The van der Waals surface area contributed by atoms with Crippen LogP contribution in [-0.4, -0.2) is 57.7 Å². The molecule has 7 heteroatoms. The van der Waals surface area contributed by atoms with Crippen LogP contribution < -0.4 is 10.5 Å². The van der Waals surface area contributed by atoms with Crippen molar-refractivity contribution in [3.8, 4) is 16.9 Å². The minimum atomic E-state index is -1.53. The van der Waals surface area contributed by atoms with Crippen molar-refractivity contribution in [3.05, 3.63) is 72.8 Å². The number of fused-ring (bicyclic) bond motifs is 2. The van der Waals surface area contributed by atoms with E-state index < -0.39 is 37.3 Å². The number of hydrogen-bond acceptors (Lipinski definition) is 7. The molecule has 170 valence electrons. The van der Waals surface area contributed by atoms with E-state index in [0.717, 1.165) is 32.7 Å². The Morgan fingerprint density at radius 2 is 1.33 bits per heavy atom. The van der Waals surface area contributed by atoms with Crippen molar-refractivity contribution < 1.29 is 29.9 Å². The summed E-state index contributed by atoms with van der Waals surface area (Å²) in [4.78, 5) is 0. The zero-order valence-corrected chi connectivity index (χ0v) is 17.7. The van der Waals surface area contributed by atoms with Gasteiger partial charge in [-0.3, -0.25) is 0 Å². The van der Waals surface area contributed by atoms with E-state index in [-0.39, 0.29) is 0 Å². The first-order valence-corrected chi connectivity index (χ1v) is 10.8. The third kappa shape index (κ3) is 3.70. The topological polar surface area (TPSA) is 125 Å². The molecule has 5 atom stereocenters. The first kappa shape index (κ1) is 21.6. The normalized spacial score (nSPS) is 25.4. The molecule has 1 heterocycles. The predicted octanol–water partition coefficient (Wildman–Crippen LogP) is 2.42. The summed E-state index contributed by atoms with van der Waals surface area (Å²) < 4.78 is 11.7. The zero-order chi connectivity index (χ0) is 23.1. The average molecular weight is 447 g/mol. The van der Waals surface area contributed by atoms with Crippen molar-refractivity contribution >= 4 is 27.2 Å². The Labute approximate surface area is 190 Å². The van der Waals surface area contributed by atoms with Gasteiger partial charge in [-0.25, -0.2) is 0 Å². The third-order valence-electron chi connectivity index (χ3n) is 6.19. The SMILES string of the molecule is Nc1ccc2ccccc2c1-c1c(O[C@@H]2O[C@H](CO)[C@@H](O)[C@H](O)[C@H]2O)ccc2ccccc12. The van der Waals surface area contributed by atoms with Crippen LogP contribution in [0.3, 0.4) is 0 Å². The Hall–Kier alpha value is -3.20. The van der Waals surface area contributed by atoms with E-state index in [1.807, 2.05) is 66.7 Å².